The van der Waals surface area contributed by atoms with Crippen LogP contribution in [0.4, 0.5) is 4.79 Å². The molecule has 8 rings (SSSR count). The molecule has 3 fully saturated rings. The van der Waals surface area contributed by atoms with Gasteiger partial charge in [0, 0.05) is 5.56 Å². The van der Waals surface area contributed by atoms with E-state index in [1.807, 2.05) is 91.0 Å². The molecule has 0 bridgehead atoms. The minimum atomic E-state index is -1.67. The first kappa shape index (κ1) is 46.3. The van der Waals surface area contributed by atoms with E-state index in [1.165, 1.54) is 6.08 Å². The van der Waals surface area contributed by atoms with Crippen LogP contribution in [0, 0.1) is 0 Å². The van der Waals surface area contributed by atoms with E-state index in [-0.39, 0.29) is 37.6 Å². The van der Waals surface area contributed by atoms with Crippen molar-refractivity contribution in [3.05, 3.63) is 192 Å². The van der Waals surface area contributed by atoms with Gasteiger partial charge in [0.15, 0.2) is 31.1 Å². The highest BCUT2D eigenvalue weighted by atomic mass is 16.8. The number of esters is 2. The van der Waals surface area contributed by atoms with Gasteiger partial charge >= 0.3 is 18.1 Å². The Morgan fingerprint density at radius 2 is 1.15 bits per heavy atom. The van der Waals surface area contributed by atoms with Crippen molar-refractivity contribution >= 4 is 18.1 Å². The monoisotopic (exact) mass is 902 g/mol. The Bertz CT molecular complexity index is 2300. The van der Waals surface area contributed by atoms with Gasteiger partial charge in [-0.15, -0.1) is 0 Å². The average molecular weight is 903 g/mol. The molecule has 0 unspecified atom stereocenters. The van der Waals surface area contributed by atoms with E-state index in [9.17, 15) is 19.5 Å². The Morgan fingerprint density at radius 3 is 1.74 bits per heavy atom. The molecule has 3 saturated heterocycles. The van der Waals surface area contributed by atoms with Crippen LogP contribution in [-0.4, -0.2) is 104 Å². The van der Waals surface area contributed by atoms with E-state index in [1.54, 1.807) is 60.7 Å². The lowest BCUT2D eigenvalue weighted by Gasteiger charge is -2.50. The zero-order chi connectivity index (χ0) is 45.7. The summed E-state index contributed by atoms with van der Waals surface area (Å²) in [5.74, 6) is -1.54. The van der Waals surface area contributed by atoms with Gasteiger partial charge in [-0.05, 0) is 35.4 Å². The summed E-state index contributed by atoms with van der Waals surface area (Å²) in [4.78, 5) is 40.7. The maximum Gasteiger partial charge on any atom is 0.508 e. The van der Waals surface area contributed by atoms with Crippen molar-refractivity contribution in [2.75, 3.05) is 19.8 Å². The van der Waals surface area contributed by atoms with Gasteiger partial charge < -0.3 is 57.2 Å². The molecule has 0 saturated carbocycles. The fourth-order valence-electron chi connectivity index (χ4n) is 7.74. The first-order chi connectivity index (χ1) is 32.3. The highest BCUT2D eigenvalue weighted by Crippen LogP contribution is 2.40. The summed E-state index contributed by atoms with van der Waals surface area (Å²) in [6, 6.07) is 44.3. The number of hydrogen-bond acceptors (Lipinski definition) is 15. The largest absolute Gasteiger partial charge is 0.508 e. The van der Waals surface area contributed by atoms with Crippen molar-refractivity contribution in [1.82, 2.24) is 0 Å². The van der Waals surface area contributed by atoms with Gasteiger partial charge in [-0.2, -0.15) is 0 Å². The Kier molecular flexibility index (Phi) is 16.0. The van der Waals surface area contributed by atoms with Crippen molar-refractivity contribution < 1.29 is 71.6 Å². The van der Waals surface area contributed by atoms with Crippen LogP contribution in [0.1, 0.15) is 43.7 Å². The molecule has 1 N–H and O–H groups in total. The molecule has 0 aromatic heterocycles. The molecule has 3 aliphatic rings. The summed E-state index contributed by atoms with van der Waals surface area (Å²) in [5.41, 5.74) is 2.65. The summed E-state index contributed by atoms with van der Waals surface area (Å²) >= 11 is 0. The number of hydrogen-bond donors (Lipinski definition) is 1. The highest BCUT2D eigenvalue weighted by Gasteiger charge is 2.57. The van der Waals surface area contributed by atoms with E-state index in [0.717, 1.165) is 11.1 Å². The molecule has 66 heavy (non-hydrogen) atoms. The first-order valence-electron chi connectivity index (χ1n) is 21.5. The molecule has 11 atom stereocenters. The average Bonchev–Trinajstić information content (AvgIpc) is 3.37. The molecule has 344 valence electrons. The lowest BCUT2D eigenvalue weighted by Crippen LogP contribution is -2.67. The summed E-state index contributed by atoms with van der Waals surface area (Å²) in [6.45, 7) is 2.97. The molecular formula is C51H50O15. The van der Waals surface area contributed by atoms with E-state index in [4.69, 9.17) is 52.1 Å². The molecule has 5 aromatic carbocycles. The molecule has 3 heterocycles. The minimum Gasteiger partial charge on any atom is -0.450 e. The zero-order valence-corrected chi connectivity index (χ0v) is 35.8. The Hall–Kier alpha value is -6.27. The fourth-order valence-corrected chi connectivity index (χ4v) is 7.74. The minimum absolute atomic E-state index is 0.00606. The SMILES string of the molecule is C=CCOC(=O)OC[C@H]1O[C@@H](O[C@@H]2[C@@H](OC(=O)c3ccccc3)[C@H](OCc3ccccc3)O[C@@H]3CO[C@@H](c4ccccc4)O[C@@H]23)[C@H](OC(=O)c2ccccc2)[C@@H](O)[C@@H]1OCc1ccccc1. The molecule has 0 aliphatic carbocycles. The molecule has 15 heteroatoms. The van der Waals surface area contributed by atoms with Crippen LogP contribution in [0.5, 0.6) is 0 Å². The van der Waals surface area contributed by atoms with Crippen LogP contribution in [0.3, 0.4) is 0 Å². The maximum absolute atomic E-state index is 14.1. The van der Waals surface area contributed by atoms with Gasteiger partial charge in [0.2, 0.25) is 0 Å². The third kappa shape index (κ3) is 11.8. The quantitative estimate of drug-likeness (QED) is 0.0581. The van der Waals surface area contributed by atoms with Gasteiger partial charge in [-0.1, -0.05) is 140 Å². The van der Waals surface area contributed by atoms with Gasteiger partial charge in [-0.25, -0.2) is 14.4 Å². The van der Waals surface area contributed by atoms with Crippen molar-refractivity contribution in [1.29, 1.82) is 0 Å². The van der Waals surface area contributed by atoms with Gasteiger partial charge in [0.05, 0.1) is 30.9 Å². The van der Waals surface area contributed by atoms with Crippen LogP contribution in [0.15, 0.2) is 164 Å². The molecule has 0 amide bonds. The standard InChI is InChI=1S/C51H50O15/c1-2-28-56-51(55)60-32-38-41(57-29-33-18-8-3-9-19-33)40(52)43(63-46(53)35-22-12-5-13-23-35)50(62-38)66-44-42-39(31-59-48(65-42)37-26-16-7-17-27-37)61-49(58-30-34-20-10-4-11-21-34)45(44)64-47(54)36-24-14-6-15-25-36/h2-27,38-45,48-50,52H,1,28-32H2/t38-,39-,40+,41-,42-,43-,44+,45-,48-,49-,50+/m1/s1. The predicted octanol–water partition coefficient (Wildman–Crippen LogP) is 6.89. The number of rotatable bonds is 17. The van der Waals surface area contributed by atoms with Crippen LogP contribution < -0.4 is 0 Å². The Labute approximate surface area is 381 Å². The summed E-state index contributed by atoms with van der Waals surface area (Å²) in [6.07, 6.45) is -14.0. The molecule has 3 aliphatic heterocycles. The third-order valence-corrected chi connectivity index (χ3v) is 11.0. The molecule has 0 radical (unpaired) electrons. The number of benzene rings is 5. The van der Waals surface area contributed by atoms with Crippen molar-refractivity contribution in [3.8, 4) is 0 Å². The second-order valence-electron chi connectivity index (χ2n) is 15.5. The van der Waals surface area contributed by atoms with Gasteiger partial charge in [0.25, 0.3) is 0 Å². The second-order valence-corrected chi connectivity index (χ2v) is 15.5. The smallest absolute Gasteiger partial charge is 0.450 e. The van der Waals surface area contributed by atoms with Crippen molar-refractivity contribution in [3.63, 3.8) is 0 Å². The van der Waals surface area contributed by atoms with Crippen molar-refractivity contribution in [2.45, 2.75) is 80.9 Å². The van der Waals surface area contributed by atoms with E-state index in [0.29, 0.717) is 5.56 Å². The van der Waals surface area contributed by atoms with E-state index >= 15 is 0 Å². The number of fused-ring (bicyclic) bond motifs is 1. The number of carbonyl (C=O) groups excluding carboxylic acids is 3. The molecule has 0 spiro atoms. The number of aliphatic hydroxyl groups excluding tert-OH is 1. The summed E-state index contributed by atoms with van der Waals surface area (Å²) in [5, 5.41) is 12.4. The molecule has 5 aromatic rings. The van der Waals surface area contributed by atoms with Gasteiger partial charge in [0.1, 0.15) is 49.8 Å². The second kappa shape index (κ2) is 22.8. The van der Waals surface area contributed by atoms with Crippen LogP contribution >= 0.6 is 0 Å². The van der Waals surface area contributed by atoms with Crippen LogP contribution in [0.25, 0.3) is 0 Å². The number of ether oxygens (including phenoxy) is 11. The predicted molar refractivity (Wildman–Crippen MR) is 233 cm³/mol. The lowest BCUT2D eigenvalue weighted by molar-refractivity contribution is -0.393. The zero-order valence-electron chi connectivity index (χ0n) is 35.8. The van der Waals surface area contributed by atoms with Crippen LogP contribution in [-0.2, 0) is 65.3 Å². The summed E-state index contributed by atoms with van der Waals surface area (Å²) < 4.78 is 68.6. The lowest BCUT2D eigenvalue weighted by atomic mass is 9.95. The Morgan fingerprint density at radius 1 is 0.606 bits per heavy atom. The van der Waals surface area contributed by atoms with Gasteiger partial charge in [-0.3, -0.25) is 0 Å². The van der Waals surface area contributed by atoms with Crippen molar-refractivity contribution in [2.24, 2.45) is 0 Å². The first-order valence-corrected chi connectivity index (χ1v) is 21.5. The topological polar surface area (TPSA) is 173 Å². The Balaban J connectivity index is 1.18. The van der Waals surface area contributed by atoms with E-state index in [2.05, 4.69) is 6.58 Å². The number of carbonyl (C=O) groups is 3. The fraction of sp³-hybridized carbons (Fsp3) is 0.314. The number of aliphatic hydroxyl groups is 1. The van der Waals surface area contributed by atoms with Crippen LogP contribution in [0.2, 0.25) is 0 Å². The summed E-state index contributed by atoms with van der Waals surface area (Å²) in [7, 11) is 0. The maximum atomic E-state index is 14.1. The van der Waals surface area contributed by atoms with E-state index < -0.39 is 92.4 Å². The highest BCUT2D eigenvalue weighted by molar-refractivity contribution is 5.90. The molecule has 15 nitrogen and oxygen atoms in total. The molecular weight excluding hydrogens is 853 g/mol. The third-order valence-electron chi connectivity index (χ3n) is 11.0. The normalized spacial score (nSPS) is 27.1.